The summed E-state index contributed by atoms with van der Waals surface area (Å²) >= 11 is 0. The van der Waals surface area contributed by atoms with Crippen LogP contribution in [0.2, 0.25) is 0 Å². The van der Waals surface area contributed by atoms with E-state index in [9.17, 15) is 19.5 Å². The Balaban J connectivity index is 2.24. The molecule has 2 rings (SSSR count). The molecule has 0 spiro atoms. The summed E-state index contributed by atoms with van der Waals surface area (Å²) < 4.78 is 16.3. The number of ether oxygens (including phenoxy) is 3. The molecule has 1 heterocycles. The van der Waals surface area contributed by atoms with Gasteiger partial charge in [0.2, 0.25) is 0 Å². The van der Waals surface area contributed by atoms with Gasteiger partial charge in [0.25, 0.3) is 0 Å². The van der Waals surface area contributed by atoms with Crippen molar-refractivity contribution in [2.75, 3.05) is 19.8 Å². The standard InChI is InChI=1S/C25H32O8/c1-15-6-5-7-16(2)13-21(22-18(4)24(29)32-20(22)12-15)33-25(30)19(9-11-27)14-31-23(28)17(3)8-10-26/h7,9,12,20-22,26-27H,3-6,8,10-11,13-14H2,1-2H3. The first-order chi connectivity index (χ1) is 15.7. The van der Waals surface area contributed by atoms with Gasteiger partial charge in [0, 0.05) is 30.6 Å². The summed E-state index contributed by atoms with van der Waals surface area (Å²) in [6.45, 7) is 10.1. The number of carbonyl (C=O) groups is 3. The number of hydrogen-bond acceptors (Lipinski definition) is 8. The second kappa shape index (κ2) is 12.3. The lowest BCUT2D eigenvalue weighted by molar-refractivity contribution is -0.148. The van der Waals surface area contributed by atoms with Crippen LogP contribution in [0.25, 0.3) is 0 Å². The van der Waals surface area contributed by atoms with Crippen molar-refractivity contribution in [1.82, 2.24) is 0 Å². The lowest BCUT2D eigenvalue weighted by Gasteiger charge is -2.27. The van der Waals surface area contributed by atoms with E-state index in [2.05, 4.69) is 19.2 Å². The van der Waals surface area contributed by atoms with E-state index in [0.29, 0.717) is 6.42 Å². The second-order valence-electron chi connectivity index (χ2n) is 8.24. The molecule has 0 bridgehead atoms. The molecule has 0 amide bonds. The van der Waals surface area contributed by atoms with Crippen LogP contribution in [0.1, 0.15) is 39.5 Å². The van der Waals surface area contributed by atoms with Crippen molar-refractivity contribution >= 4 is 17.9 Å². The van der Waals surface area contributed by atoms with Crippen LogP contribution in [0, 0.1) is 5.92 Å². The van der Waals surface area contributed by atoms with Crippen LogP contribution in [0.15, 0.2) is 59.3 Å². The summed E-state index contributed by atoms with van der Waals surface area (Å²) in [5.41, 5.74) is 2.28. The molecule has 0 aromatic carbocycles. The Hall–Kier alpha value is -2.97. The fourth-order valence-corrected chi connectivity index (χ4v) is 3.74. The van der Waals surface area contributed by atoms with Gasteiger partial charge >= 0.3 is 17.9 Å². The molecule has 8 heteroatoms. The second-order valence-corrected chi connectivity index (χ2v) is 8.24. The molecule has 180 valence electrons. The Kier molecular flexibility index (Phi) is 9.81. The molecule has 1 aliphatic heterocycles. The van der Waals surface area contributed by atoms with Gasteiger partial charge in [-0.2, -0.15) is 0 Å². The van der Waals surface area contributed by atoms with Gasteiger partial charge in [0.1, 0.15) is 18.8 Å². The number of esters is 3. The molecule has 0 saturated carbocycles. The van der Waals surface area contributed by atoms with Gasteiger partial charge in [0.15, 0.2) is 0 Å². The molecule has 0 aromatic heterocycles. The van der Waals surface area contributed by atoms with Crippen LogP contribution >= 0.6 is 0 Å². The number of fused-ring (bicyclic) bond motifs is 1. The van der Waals surface area contributed by atoms with E-state index in [1.54, 1.807) is 0 Å². The first-order valence-corrected chi connectivity index (χ1v) is 10.9. The first-order valence-electron chi connectivity index (χ1n) is 10.9. The highest BCUT2D eigenvalue weighted by molar-refractivity contribution is 5.93. The van der Waals surface area contributed by atoms with E-state index in [4.69, 9.17) is 19.3 Å². The normalized spacial score (nSPS) is 23.6. The molecule has 8 nitrogen and oxygen atoms in total. The summed E-state index contributed by atoms with van der Waals surface area (Å²) in [6.07, 6.45) is 5.83. The van der Waals surface area contributed by atoms with Crippen molar-refractivity contribution in [3.05, 3.63) is 59.3 Å². The number of aliphatic hydroxyl groups excluding tert-OH is 2. The Morgan fingerprint density at radius 3 is 2.64 bits per heavy atom. The zero-order chi connectivity index (χ0) is 24.5. The zero-order valence-electron chi connectivity index (χ0n) is 19.2. The Bertz CT molecular complexity index is 892. The lowest BCUT2D eigenvalue weighted by Crippen LogP contribution is -2.34. The Labute approximate surface area is 193 Å². The fourth-order valence-electron chi connectivity index (χ4n) is 3.74. The minimum Gasteiger partial charge on any atom is -0.458 e. The Morgan fingerprint density at radius 1 is 1.24 bits per heavy atom. The van der Waals surface area contributed by atoms with Crippen LogP contribution in [-0.4, -0.2) is 60.1 Å². The molecule has 2 aliphatic rings. The number of allylic oxidation sites excluding steroid dienone is 2. The van der Waals surface area contributed by atoms with Crippen molar-refractivity contribution in [2.45, 2.75) is 51.7 Å². The van der Waals surface area contributed by atoms with Crippen LogP contribution < -0.4 is 0 Å². The maximum absolute atomic E-state index is 13.0. The largest absolute Gasteiger partial charge is 0.458 e. The monoisotopic (exact) mass is 460 g/mol. The average molecular weight is 461 g/mol. The van der Waals surface area contributed by atoms with Crippen LogP contribution in [0.4, 0.5) is 0 Å². The average Bonchev–Trinajstić information content (AvgIpc) is 3.02. The van der Waals surface area contributed by atoms with Crippen LogP contribution in [0.3, 0.4) is 0 Å². The molecule has 3 unspecified atom stereocenters. The Morgan fingerprint density at radius 2 is 1.97 bits per heavy atom. The van der Waals surface area contributed by atoms with Crippen molar-refractivity contribution in [1.29, 1.82) is 0 Å². The summed E-state index contributed by atoms with van der Waals surface area (Å²) in [7, 11) is 0. The van der Waals surface area contributed by atoms with E-state index in [1.165, 1.54) is 6.08 Å². The van der Waals surface area contributed by atoms with Gasteiger partial charge in [0.05, 0.1) is 18.1 Å². The van der Waals surface area contributed by atoms with E-state index in [1.807, 2.05) is 19.9 Å². The smallest absolute Gasteiger partial charge is 0.337 e. The molecular weight excluding hydrogens is 428 g/mol. The minimum absolute atomic E-state index is 0.0438. The molecular formula is C25H32O8. The predicted octanol–water partition coefficient (Wildman–Crippen LogP) is 2.47. The van der Waals surface area contributed by atoms with E-state index in [-0.39, 0.29) is 29.7 Å². The summed E-state index contributed by atoms with van der Waals surface area (Å²) in [5.74, 6) is -2.65. The van der Waals surface area contributed by atoms with Gasteiger partial charge in [-0.3, -0.25) is 0 Å². The maximum atomic E-state index is 13.0. The predicted molar refractivity (Wildman–Crippen MR) is 121 cm³/mol. The molecule has 2 N–H and O–H groups in total. The highest BCUT2D eigenvalue weighted by Gasteiger charge is 2.44. The molecule has 0 aromatic rings. The highest BCUT2D eigenvalue weighted by Crippen LogP contribution is 2.36. The zero-order valence-corrected chi connectivity index (χ0v) is 19.2. The number of rotatable bonds is 8. The quantitative estimate of drug-likeness (QED) is 0.245. The van der Waals surface area contributed by atoms with Crippen molar-refractivity contribution < 1.29 is 38.8 Å². The molecule has 33 heavy (non-hydrogen) atoms. The highest BCUT2D eigenvalue weighted by atomic mass is 16.6. The maximum Gasteiger partial charge on any atom is 0.337 e. The van der Waals surface area contributed by atoms with E-state index < -0.39 is 49.2 Å². The SMILES string of the molecule is C=C(CCO)C(=O)OCC(=CCO)C(=O)OC1CC(C)=CCCC(C)=CC2OC(=O)C(=C)C21. The summed E-state index contributed by atoms with van der Waals surface area (Å²) in [5, 5.41) is 18.2. The topological polar surface area (TPSA) is 119 Å². The van der Waals surface area contributed by atoms with Crippen LogP contribution in [-0.2, 0) is 28.6 Å². The number of carbonyl (C=O) groups excluding carboxylic acids is 3. The summed E-state index contributed by atoms with van der Waals surface area (Å²) in [6, 6.07) is 0. The van der Waals surface area contributed by atoms with E-state index >= 15 is 0 Å². The molecule has 1 fully saturated rings. The number of hydrogen-bond donors (Lipinski definition) is 2. The molecule has 0 radical (unpaired) electrons. The van der Waals surface area contributed by atoms with Gasteiger partial charge in [-0.15, -0.1) is 0 Å². The summed E-state index contributed by atoms with van der Waals surface area (Å²) in [4.78, 5) is 37.2. The molecule has 1 saturated heterocycles. The molecule has 3 atom stereocenters. The lowest BCUT2D eigenvalue weighted by atomic mass is 9.85. The van der Waals surface area contributed by atoms with Crippen molar-refractivity contribution in [3.63, 3.8) is 0 Å². The van der Waals surface area contributed by atoms with Gasteiger partial charge in [-0.25, -0.2) is 14.4 Å². The molecule has 1 aliphatic carbocycles. The van der Waals surface area contributed by atoms with Gasteiger partial charge in [-0.1, -0.05) is 30.4 Å². The number of aliphatic hydroxyl groups is 2. The minimum atomic E-state index is -0.786. The van der Waals surface area contributed by atoms with Gasteiger partial charge < -0.3 is 24.4 Å². The first kappa shape index (κ1) is 26.3. The third-order valence-corrected chi connectivity index (χ3v) is 5.58. The van der Waals surface area contributed by atoms with Crippen molar-refractivity contribution in [2.24, 2.45) is 5.92 Å². The van der Waals surface area contributed by atoms with Crippen molar-refractivity contribution in [3.8, 4) is 0 Å². The third kappa shape index (κ3) is 7.27. The van der Waals surface area contributed by atoms with E-state index in [0.717, 1.165) is 24.0 Å². The fraction of sp³-hybridized carbons (Fsp3) is 0.480. The van der Waals surface area contributed by atoms with Crippen LogP contribution in [0.5, 0.6) is 0 Å². The third-order valence-electron chi connectivity index (χ3n) is 5.58. The van der Waals surface area contributed by atoms with Gasteiger partial charge in [-0.05, 0) is 38.8 Å².